The van der Waals surface area contributed by atoms with E-state index in [9.17, 15) is 9.59 Å². The van der Waals surface area contributed by atoms with Crippen LogP contribution in [0.2, 0.25) is 5.02 Å². The molecule has 20 heavy (non-hydrogen) atoms. The van der Waals surface area contributed by atoms with Crippen LogP contribution in [-0.2, 0) is 0 Å². The first-order valence-corrected chi connectivity index (χ1v) is 7.01. The standard InChI is InChI=1S/C14H17ClN2O3/c1-2-7-17(10-4-5-10)14(20)16-12-8-9(15)3-6-11(12)13(18)19/h3,6,8,10H,2,4-5,7H2,1H3,(H,16,20)(H,18,19). The normalized spacial score (nSPS) is 13.9. The monoisotopic (exact) mass is 296 g/mol. The molecule has 0 unspecified atom stereocenters. The van der Waals surface area contributed by atoms with Crippen LogP contribution in [0.1, 0.15) is 36.5 Å². The van der Waals surface area contributed by atoms with Crippen molar-refractivity contribution in [3.63, 3.8) is 0 Å². The maximum atomic E-state index is 12.2. The molecule has 1 aromatic carbocycles. The van der Waals surface area contributed by atoms with Gasteiger partial charge in [-0.25, -0.2) is 9.59 Å². The Hall–Kier alpha value is -1.75. The van der Waals surface area contributed by atoms with E-state index in [0.29, 0.717) is 11.6 Å². The highest BCUT2D eigenvalue weighted by Gasteiger charge is 2.32. The fraction of sp³-hybridized carbons (Fsp3) is 0.429. The second kappa shape index (κ2) is 6.13. The van der Waals surface area contributed by atoms with Crippen LogP contribution in [0.4, 0.5) is 10.5 Å². The van der Waals surface area contributed by atoms with Gasteiger partial charge < -0.3 is 15.3 Å². The summed E-state index contributed by atoms with van der Waals surface area (Å²) < 4.78 is 0. The number of halogens is 1. The Morgan fingerprint density at radius 2 is 2.15 bits per heavy atom. The second-order valence-electron chi connectivity index (χ2n) is 4.85. The van der Waals surface area contributed by atoms with Gasteiger partial charge in [0.05, 0.1) is 11.3 Å². The zero-order chi connectivity index (χ0) is 14.7. The van der Waals surface area contributed by atoms with Crippen molar-refractivity contribution in [2.75, 3.05) is 11.9 Å². The summed E-state index contributed by atoms with van der Waals surface area (Å²) in [6.45, 7) is 2.67. The molecule has 0 aromatic heterocycles. The molecule has 0 saturated heterocycles. The lowest BCUT2D eigenvalue weighted by atomic mass is 10.2. The van der Waals surface area contributed by atoms with Crippen LogP contribution >= 0.6 is 11.6 Å². The third-order valence-corrected chi connectivity index (χ3v) is 3.40. The first-order valence-electron chi connectivity index (χ1n) is 6.63. The Bertz CT molecular complexity index is 529. The van der Waals surface area contributed by atoms with Gasteiger partial charge in [0.2, 0.25) is 0 Å². The Morgan fingerprint density at radius 3 is 2.70 bits per heavy atom. The molecule has 2 N–H and O–H groups in total. The van der Waals surface area contributed by atoms with Crippen molar-refractivity contribution in [2.45, 2.75) is 32.2 Å². The number of anilines is 1. The van der Waals surface area contributed by atoms with Gasteiger partial charge in [-0.2, -0.15) is 0 Å². The van der Waals surface area contributed by atoms with E-state index in [2.05, 4.69) is 5.32 Å². The van der Waals surface area contributed by atoms with Crippen molar-refractivity contribution >= 4 is 29.3 Å². The average Bonchev–Trinajstić information content (AvgIpc) is 3.19. The van der Waals surface area contributed by atoms with Gasteiger partial charge in [0, 0.05) is 17.6 Å². The van der Waals surface area contributed by atoms with Crippen molar-refractivity contribution in [1.82, 2.24) is 4.90 Å². The minimum atomic E-state index is -1.09. The lowest BCUT2D eigenvalue weighted by Crippen LogP contribution is -2.37. The van der Waals surface area contributed by atoms with E-state index in [-0.39, 0.29) is 23.3 Å². The number of carbonyl (C=O) groups excluding carboxylic acids is 1. The van der Waals surface area contributed by atoms with E-state index in [1.165, 1.54) is 18.2 Å². The molecule has 0 heterocycles. The second-order valence-corrected chi connectivity index (χ2v) is 5.29. The van der Waals surface area contributed by atoms with E-state index in [1.807, 2.05) is 6.92 Å². The minimum absolute atomic E-state index is 0.0370. The van der Waals surface area contributed by atoms with Gasteiger partial charge in [-0.15, -0.1) is 0 Å². The van der Waals surface area contributed by atoms with Crippen molar-refractivity contribution in [1.29, 1.82) is 0 Å². The number of nitrogens with zero attached hydrogens (tertiary/aromatic N) is 1. The van der Waals surface area contributed by atoms with Gasteiger partial charge in [-0.1, -0.05) is 18.5 Å². The number of carbonyl (C=O) groups is 2. The van der Waals surface area contributed by atoms with Crippen molar-refractivity contribution < 1.29 is 14.7 Å². The third kappa shape index (κ3) is 3.42. The van der Waals surface area contributed by atoms with Gasteiger partial charge in [0.1, 0.15) is 0 Å². The number of rotatable bonds is 5. The number of carboxylic acid groups (broad SMARTS) is 1. The summed E-state index contributed by atoms with van der Waals surface area (Å²) in [6, 6.07) is 4.36. The predicted molar refractivity (Wildman–Crippen MR) is 77.4 cm³/mol. The first-order chi connectivity index (χ1) is 9.52. The fourth-order valence-corrected chi connectivity index (χ4v) is 2.24. The molecule has 2 rings (SSSR count). The molecule has 0 spiro atoms. The zero-order valence-corrected chi connectivity index (χ0v) is 12.0. The largest absolute Gasteiger partial charge is 0.478 e. The van der Waals surface area contributed by atoms with Crippen LogP contribution in [0, 0.1) is 0 Å². The van der Waals surface area contributed by atoms with E-state index in [4.69, 9.17) is 16.7 Å². The molecule has 2 amide bonds. The maximum absolute atomic E-state index is 12.2. The molecule has 0 bridgehead atoms. The summed E-state index contributed by atoms with van der Waals surface area (Å²) in [5.41, 5.74) is 0.270. The molecule has 1 aliphatic carbocycles. The van der Waals surface area contributed by atoms with Crippen LogP contribution in [0.3, 0.4) is 0 Å². The van der Waals surface area contributed by atoms with Crippen LogP contribution in [0.5, 0.6) is 0 Å². The molecule has 1 saturated carbocycles. The number of hydrogen-bond acceptors (Lipinski definition) is 2. The topological polar surface area (TPSA) is 69.6 Å². The van der Waals surface area contributed by atoms with Gasteiger partial charge in [-0.05, 0) is 37.5 Å². The van der Waals surface area contributed by atoms with Crippen LogP contribution in [-0.4, -0.2) is 34.6 Å². The summed E-state index contributed by atoms with van der Waals surface area (Å²) >= 11 is 5.86. The summed E-state index contributed by atoms with van der Waals surface area (Å²) in [5.74, 6) is -1.09. The molecular weight excluding hydrogens is 280 g/mol. The SMILES string of the molecule is CCCN(C(=O)Nc1cc(Cl)ccc1C(=O)O)C1CC1. The maximum Gasteiger partial charge on any atom is 0.337 e. The number of aromatic carboxylic acids is 1. The van der Waals surface area contributed by atoms with Crippen molar-refractivity contribution in [2.24, 2.45) is 0 Å². The Labute approximate surface area is 122 Å². The predicted octanol–water partition coefficient (Wildman–Crippen LogP) is 3.44. The number of hydrogen-bond donors (Lipinski definition) is 2. The van der Waals surface area contributed by atoms with Crippen LogP contribution in [0.25, 0.3) is 0 Å². The van der Waals surface area contributed by atoms with E-state index >= 15 is 0 Å². The lowest BCUT2D eigenvalue weighted by molar-refractivity contribution is 0.0698. The van der Waals surface area contributed by atoms with E-state index < -0.39 is 5.97 Å². The number of nitrogens with one attached hydrogen (secondary N) is 1. The molecule has 0 atom stereocenters. The van der Waals surface area contributed by atoms with Gasteiger partial charge >= 0.3 is 12.0 Å². The molecule has 0 aliphatic heterocycles. The zero-order valence-electron chi connectivity index (χ0n) is 11.2. The highest BCUT2D eigenvalue weighted by atomic mass is 35.5. The number of amides is 2. The smallest absolute Gasteiger partial charge is 0.337 e. The Morgan fingerprint density at radius 1 is 1.45 bits per heavy atom. The van der Waals surface area contributed by atoms with Gasteiger partial charge in [-0.3, -0.25) is 0 Å². The summed E-state index contributed by atoms with van der Waals surface area (Å²) in [7, 11) is 0. The minimum Gasteiger partial charge on any atom is -0.478 e. The molecule has 108 valence electrons. The highest BCUT2D eigenvalue weighted by Crippen LogP contribution is 2.28. The summed E-state index contributed by atoms with van der Waals surface area (Å²) in [4.78, 5) is 25.2. The van der Waals surface area contributed by atoms with Gasteiger partial charge in [0.15, 0.2) is 0 Å². The Balaban J connectivity index is 2.17. The summed E-state index contributed by atoms with van der Waals surface area (Å²) in [6.07, 6.45) is 2.88. The molecular formula is C14H17ClN2O3. The average molecular weight is 297 g/mol. The number of urea groups is 1. The quantitative estimate of drug-likeness (QED) is 0.874. The first kappa shape index (κ1) is 14.7. The van der Waals surface area contributed by atoms with Crippen molar-refractivity contribution in [3.05, 3.63) is 28.8 Å². The summed E-state index contributed by atoms with van der Waals surface area (Å²) in [5, 5.41) is 12.2. The molecule has 1 aromatic rings. The highest BCUT2D eigenvalue weighted by molar-refractivity contribution is 6.31. The number of carboxylic acids is 1. The van der Waals surface area contributed by atoms with E-state index in [0.717, 1.165) is 19.3 Å². The molecule has 1 fully saturated rings. The third-order valence-electron chi connectivity index (χ3n) is 3.17. The van der Waals surface area contributed by atoms with E-state index in [1.54, 1.807) is 4.90 Å². The lowest BCUT2D eigenvalue weighted by Gasteiger charge is -2.22. The molecule has 0 radical (unpaired) electrons. The Kier molecular flexibility index (Phi) is 4.49. The van der Waals surface area contributed by atoms with Crippen molar-refractivity contribution in [3.8, 4) is 0 Å². The molecule has 1 aliphatic rings. The molecule has 5 nitrogen and oxygen atoms in total. The molecule has 6 heteroatoms. The van der Waals surface area contributed by atoms with Crippen LogP contribution < -0.4 is 5.32 Å². The fourth-order valence-electron chi connectivity index (χ4n) is 2.07. The van der Waals surface area contributed by atoms with Gasteiger partial charge in [0.25, 0.3) is 0 Å². The number of benzene rings is 1. The van der Waals surface area contributed by atoms with Crippen LogP contribution in [0.15, 0.2) is 18.2 Å².